The molecule has 0 N–H and O–H groups in total. The third-order valence-electron chi connectivity index (χ3n) is 5.40. The molecule has 2 atom stereocenters. The molecule has 0 bridgehead atoms. The van der Waals surface area contributed by atoms with E-state index in [0.29, 0.717) is 36.9 Å². The second-order valence-electron chi connectivity index (χ2n) is 7.09. The number of likely N-dealkylation sites (tertiary alicyclic amines) is 1. The molecule has 7 heteroatoms. The highest BCUT2D eigenvalue weighted by molar-refractivity contribution is 5.94. The van der Waals surface area contributed by atoms with Gasteiger partial charge in [0.1, 0.15) is 11.3 Å². The molecule has 0 radical (unpaired) electrons. The molecule has 2 aliphatic rings. The average molecular weight is 357 g/mol. The van der Waals surface area contributed by atoms with Crippen molar-refractivity contribution in [2.24, 2.45) is 5.41 Å². The number of amides is 1. The number of pyridine rings is 1. The zero-order valence-corrected chi connectivity index (χ0v) is 14.9. The van der Waals surface area contributed by atoms with Crippen LogP contribution >= 0.6 is 0 Å². The van der Waals surface area contributed by atoms with Crippen LogP contribution in [0.1, 0.15) is 35.4 Å². The second-order valence-corrected chi connectivity index (χ2v) is 7.09. The van der Waals surface area contributed by atoms with Crippen molar-refractivity contribution in [1.82, 2.24) is 15.0 Å². The highest BCUT2D eigenvalue weighted by Gasteiger charge is 2.48. The number of fused-ring (bicyclic) bond motifs is 1. The minimum Gasteiger partial charge on any atom is -0.477 e. The molecule has 1 amide bonds. The smallest absolute Gasteiger partial charge is 0.259 e. The maximum absolute atomic E-state index is 12.9. The van der Waals surface area contributed by atoms with Crippen LogP contribution in [0.15, 0.2) is 35.1 Å². The van der Waals surface area contributed by atoms with Gasteiger partial charge in [0.05, 0.1) is 18.9 Å². The standard InChI is InChI=1S/C19H23N3O4/c1-14-15(11-21-26-14)18(23)22-9-6-16-19(12-22,7-4-10-24-16)13-25-17-5-2-3-8-20-17/h2-3,5,8,11,16H,4,6-7,9-10,12-13H2,1H3. The third-order valence-corrected chi connectivity index (χ3v) is 5.40. The molecular formula is C19H23N3O4. The molecule has 0 spiro atoms. The molecule has 0 aliphatic carbocycles. The van der Waals surface area contributed by atoms with E-state index in [0.717, 1.165) is 25.9 Å². The summed E-state index contributed by atoms with van der Waals surface area (Å²) in [7, 11) is 0. The lowest BCUT2D eigenvalue weighted by Gasteiger charge is -2.50. The van der Waals surface area contributed by atoms with Gasteiger partial charge in [0.2, 0.25) is 5.88 Å². The molecule has 138 valence electrons. The highest BCUT2D eigenvalue weighted by Crippen LogP contribution is 2.41. The van der Waals surface area contributed by atoms with Crippen LogP contribution in [0, 0.1) is 12.3 Å². The first-order valence-corrected chi connectivity index (χ1v) is 9.04. The summed E-state index contributed by atoms with van der Waals surface area (Å²) in [5.41, 5.74) is 0.315. The van der Waals surface area contributed by atoms with E-state index in [9.17, 15) is 4.79 Å². The fourth-order valence-corrected chi connectivity index (χ4v) is 4.00. The Morgan fingerprint density at radius 2 is 2.38 bits per heavy atom. The predicted molar refractivity (Wildman–Crippen MR) is 92.9 cm³/mol. The maximum Gasteiger partial charge on any atom is 0.259 e. The minimum absolute atomic E-state index is 0.0371. The van der Waals surface area contributed by atoms with Gasteiger partial charge in [0.15, 0.2) is 0 Å². The number of carbonyl (C=O) groups is 1. The Bertz CT molecular complexity index is 763. The molecule has 7 nitrogen and oxygen atoms in total. The Balaban J connectivity index is 1.53. The van der Waals surface area contributed by atoms with E-state index in [-0.39, 0.29) is 17.4 Å². The van der Waals surface area contributed by atoms with E-state index < -0.39 is 0 Å². The van der Waals surface area contributed by atoms with Crippen LogP contribution in [0.25, 0.3) is 0 Å². The van der Waals surface area contributed by atoms with Crippen molar-refractivity contribution in [3.63, 3.8) is 0 Å². The first-order chi connectivity index (χ1) is 12.7. The topological polar surface area (TPSA) is 77.7 Å². The van der Waals surface area contributed by atoms with Crippen molar-refractivity contribution in [2.45, 2.75) is 32.3 Å². The van der Waals surface area contributed by atoms with Gasteiger partial charge in [-0.2, -0.15) is 0 Å². The summed E-state index contributed by atoms with van der Waals surface area (Å²) in [6.07, 6.45) is 6.06. The summed E-state index contributed by atoms with van der Waals surface area (Å²) in [6.45, 7) is 4.29. The van der Waals surface area contributed by atoms with Gasteiger partial charge < -0.3 is 18.9 Å². The summed E-state index contributed by atoms with van der Waals surface area (Å²) in [6, 6.07) is 5.61. The summed E-state index contributed by atoms with van der Waals surface area (Å²) < 4.78 is 17.1. The summed E-state index contributed by atoms with van der Waals surface area (Å²) in [4.78, 5) is 19.0. The summed E-state index contributed by atoms with van der Waals surface area (Å²) in [5, 5.41) is 3.73. The highest BCUT2D eigenvalue weighted by atomic mass is 16.5. The van der Waals surface area contributed by atoms with Gasteiger partial charge in [-0.3, -0.25) is 4.79 Å². The maximum atomic E-state index is 12.9. The van der Waals surface area contributed by atoms with E-state index in [2.05, 4.69) is 10.1 Å². The number of carbonyl (C=O) groups excluding carboxylic acids is 1. The number of aromatic nitrogens is 2. The molecule has 4 rings (SSSR count). The molecule has 2 fully saturated rings. The van der Waals surface area contributed by atoms with Gasteiger partial charge in [0.25, 0.3) is 5.91 Å². The Hall–Kier alpha value is -2.41. The van der Waals surface area contributed by atoms with Crippen molar-refractivity contribution in [2.75, 3.05) is 26.3 Å². The lowest BCUT2D eigenvalue weighted by molar-refractivity contribution is -0.133. The summed E-state index contributed by atoms with van der Waals surface area (Å²) in [5.74, 6) is 1.12. The van der Waals surface area contributed by atoms with Crippen LogP contribution in [0.3, 0.4) is 0 Å². The molecule has 2 aromatic rings. The quantitative estimate of drug-likeness (QED) is 0.836. The molecule has 26 heavy (non-hydrogen) atoms. The van der Waals surface area contributed by atoms with Gasteiger partial charge >= 0.3 is 0 Å². The average Bonchev–Trinajstić information content (AvgIpc) is 3.12. The Morgan fingerprint density at radius 1 is 1.46 bits per heavy atom. The minimum atomic E-state index is -0.214. The van der Waals surface area contributed by atoms with Crippen molar-refractivity contribution in [1.29, 1.82) is 0 Å². The number of nitrogens with zero attached hydrogens (tertiary/aromatic N) is 3. The van der Waals surface area contributed by atoms with E-state index >= 15 is 0 Å². The molecular weight excluding hydrogens is 334 g/mol. The fraction of sp³-hybridized carbons (Fsp3) is 0.526. The zero-order valence-electron chi connectivity index (χ0n) is 14.9. The normalized spacial score (nSPS) is 25.6. The van der Waals surface area contributed by atoms with Crippen LogP contribution in [0.4, 0.5) is 0 Å². The third kappa shape index (κ3) is 3.19. The number of aryl methyl sites for hydroxylation is 1. The van der Waals surface area contributed by atoms with Crippen molar-refractivity contribution < 1.29 is 18.8 Å². The molecule has 2 saturated heterocycles. The van der Waals surface area contributed by atoms with Crippen LogP contribution in [0.2, 0.25) is 0 Å². The lowest BCUT2D eigenvalue weighted by atomic mass is 9.73. The van der Waals surface area contributed by atoms with Crippen molar-refractivity contribution in [3.05, 3.63) is 41.9 Å². The second kappa shape index (κ2) is 7.07. The van der Waals surface area contributed by atoms with Crippen molar-refractivity contribution >= 4 is 5.91 Å². The van der Waals surface area contributed by atoms with Crippen LogP contribution in [0.5, 0.6) is 5.88 Å². The Labute approximate surface area is 152 Å². The molecule has 2 aliphatic heterocycles. The van der Waals surface area contributed by atoms with Gasteiger partial charge in [-0.15, -0.1) is 0 Å². The van der Waals surface area contributed by atoms with Gasteiger partial charge in [-0.25, -0.2) is 4.98 Å². The number of piperidine rings is 1. The van der Waals surface area contributed by atoms with Gasteiger partial charge in [-0.1, -0.05) is 11.2 Å². The largest absolute Gasteiger partial charge is 0.477 e. The van der Waals surface area contributed by atoms with Gasteiger partial charge in [-0.05, 0) is 32.3 Å². The molecule has 0 saturated carbocycles. The number of rotatable bonds is 4. The lowest BCUT2D eigenvalue weighted by Crippen LogP contribution is -2.58. The fourth-order valence-electron chi connectivity index (χ4n) is 4.00. The van der Waals surface area contributed by atoms with E-state index in [4.69, 9.17) is 14.0 Å². The number of ether oxygens (including phenoxy) is 2. The van der Waals surface area contributed by atoms with E-state index in [1.165, 1.54) is 6.20 Å². The van der Waals surface area contributed by atoms with Crippen LogP contribution in [-0.2, 0) is 4.74 Å². The van der Waals surface area contributed by atoms with E-state index in [1.807, 2.05) is 23.1 Å². The SMILES string of the molecule is Cc1oncc1C(=O)N1CCC2OCCCC2(COc2ccccn2)C1. The Morgan fingerprint density at radius 3 is 3.15 bits per heavy atom. The zero-order chi connectivity index (χ0) is 18.0. The van der Waals surface area contributed by atoms with Crippen LogP contribution < -0.4 is 4.74 Å². The first kappa shape index (κ1) is 17.0. The monoisotopic (exact) mass is 357 g/mol. The summed E-state index contributed by atoms with van der Waals surface area (Å²) >= 11 is 0. The number of hydrogen-bond donors (Lipinski definition) is 0. The van der Waals surface area contributed by atoms with Crippen LogP contribution in [-0.4, -0.2) is 53.4 Å². The molecule has 4 heterocycles. The van der Waals surface area contributed by atoms with E-state index in [1.54, 1.807) is 13.1 Å². The Kier molecular flexibility index (Phi) is 4.63. The first-order valence-electron chi connectivity index (χ1n) is 9.04. The molecule has 0 aromatic carbocycles. The van der Waals surface area contributed by atoms with Crippen molar-refractivity contribution in [3.8, 4) is 5.88 Å². The molecule has 2 aromatic heterocycles. The predicted octanol–water partition coefficient (Wildman–Crippen LogP) is 2.47. The number of hydrogen-bond acceptors (Lipinski definition) is 6. The van der Waals surface area contributed by atoms with Gasteiger partial charge in [0, 0.05) is 37.4 Å². The molecule has 2 unspecified atom stereocenters.